The number of hydrogen-bond acceptors (Lipinski definition) is 5. The number of nitrogens with one attached hydrogen (secondary N) is 1. The summed E-state index contributed by atoms with van der Waals surface area (Å²) < 4.78 is 45.2. The molecule has 0 spiro atoms. The summed E-state index contributed by atoms with van der Waals surface area (Å²) >= 11 is 0. The number of amides is 1. The van der Waals surface area contributed by atoms with Crippen LogP contribution < -0.4 is 5.32 Å². The lowest BCUT2D eigenvalue weighted by Crippen LogP contribution is -2.60. The van der Waals surface area contributed by atoms with Crippen LogP contribution in [0.1, 0.15) is 111 Å². The minimum absolute atomic E-state index is 0.00786. The second kappa shape index (κ2) is 10.2. The Bertz CT molecular complexity index is 1320. The van der Waals surface area contributed by atoms with Crippen molar-refractivity contribution >= 4 is 11.7 Å². The monoisotopic (exact) mass is 606 g/mol. The minimum atomic E-state index is -4.48. The van der Waals surface area contributed by atoms with Crippen molar-refractivity contribution in [3.05, 3.63) is 29.2 Å². The molecule has 2 fully saturated rings. The second-order valence-electron chi connectivity index (χ2n) is 16.3. The average molecular weight is 607 g/mol. The molecule has 9 heteroatoms. The van der Waals surface area contributed by atoms with E-state index in [0.717, 1.165) is 42.6 Å². The number of rotatable bonds is 6. The molecule has 1 amide bonds. The van der Waals surface area contributed by atoms with Gasteiger partial charge >= 0.3 is 6.18 Å². The first-order valence-electron chi connectivity index (χ1n) is 15.9. The zero-order chi connectivity index (χ0) is 31.9. The van der Waals surface area contributed by atoms with Crippen LogP contribution in [0, 0.1) is 38.9 Å². The Hall–Kier alpha value is -2.16. The highest BCUT2D eigenvalue weighted by molar-refractivity contribution is 5.93. The van der Waals surface area contributed by atoms with Crippen molar-refractivity contribution in [3.63, 3.8) is 0 Å². The lowest BCUT2D eigenvalue weighted by atomic mass is 9.39. The van der Waals surface area contributed by atoms with Gasteiger partial charge in [-0.25, -0.2) is 0 Å². The molecule has 0 bridgehead atoms. The van der Waals surface area contributed by atoms with Crippen LogP contribution in [0.3, 0.4) is 0 Å². The van der Waals surface area contributed by atoms with Crippen molar-refractivity contribution in [3.8, 4) is 0 Å². The number of aliphatic hydroxyl groups excluding tert-OH is 1. The first-order chi connectivity index (χ1) is 19.8. The van der Waals surface area contributed by atoms with Crippen molar-refractivity contribution in [1.82, 2.24) is 10.5 Å². The van der Waals surface area contributed by atoms with Crippen molar-refractivity contribution in [2.75, 3.05) is 13.2 Å². The van der Waals surface area contributed by atoms with E-state index >= 15 is 0 Å². The lowest BCUT2D eigenvalue weighted by molar-refractivity contribution is -0.152. The molecule has 4 aliphatic rings. The minimum Gasteiger partial charge on any atom is -0.395 e. The van der Waals surface area contributed by atoms with Gasteiger partial charge in [-0.15, -0.1) is 0 Å². The van der Waals surface area contributed by atoms with Gasteiger partial charge in [0.2, 0.25) is 5.91 Å². The fourth-order valence-electron chi connectivity index (χ4n) is 10.3. The Morgan fingerprint density at radius 3 is 2.42 bits per heavy atom. The number of allylic oxidation sites excluding steroid dienone is 2. The summed E-state index contributed by atoms with van der Waals surface area (Å²) in [6.45, 7) is 13.5. The molecule has 0 aliphatic heterocycles. The fraction of sp³-hybridized carbons (Fsp3) is 0.794. The molecule has 1 heterocycles. The summed E-state index contributed by atoms with van der Waals surface area (Å²) in [6, 6.07) is 0. The number of carbonyl (C=O) groups is 2. The molecule has 1 unspecified atom stereocenters. The molecule has 4 aliphatic carbocycles. The van der Waals surface area contributed by atoms with Crippen molar-refractivity contribution in [2.45, 2.75) is 118 Å². The number of ketones is 1. The SMILES string of the molecule is C[C@@H]1CC(C)(C)CC[C@@]1(CC[C@]1(C)CC(=O)C=C2[C@@]3(C)Cc4cnoc4[C@@](C)(CO)C3CC[C@]21C)C(=O)NCC(F)(F)F. The Morgan fingerprint density at radius 2 is 1.79 bits per heavy atom. The maximum atomic E-state index is 13.7. The smallest absolute Gasteiger partial charge is 0.395 e. The van der Waals surface area contributed by atoms with E-state index in [9.17, 15) is 27.9 Å². The molecule has 7 atom stereocenters. The van der Waals surface area contributed by atoms with E-state index in [-0.39, 0.29) is 35.1 Å². The van der Waals surface area contributed by atoms with Crippen LogP contribution >= 0.6 is 0 Å². The molecule has 0 aromatic carbocycles. The van der Waals surface area contributed by atoms with Gasteiger partial charge < -0.3 is 14.9 Å². The second-order valence-corrected chi connectivity index (χ2v) is 16.3. The van der Waals surface area contributed by atoms with E-state index in [0.29, 0.717) is 32.1 Å². The van der Waals surface area contributed by atoms with Gasteiger partial charge in [-0.1, -0.05) is 52.3 Å². The predicted molar refractivity (Wildman–Crippen MR) is 157 cm³/mol. The molecule has 5 rings (SSSR count). The molecule has 0 saturated heterocycles. The fourth-order valence-corrected chi connectivity index (χ4v) is 10.3. The number of nitrogens with zero attached hydrogens (tertiary/aromatic N) is 1. The van der Waals surface area contributed by atoms with E-state index in [1.54, 1.807) is 6.20 Å². The highest BCUT2D eigenvalue weighted by Gasteiger charge is 2.65. The molecule has 1 aromatic heterocycles. The topological polar surface area (TPSA) is 92.4 Å². The summed E-state index contributed by atoms with van der Waals surface area (Å²) in [5.41, 5.74) is -0.770. The van der Waals surface area contributed by atoms with E-state index in [1.807, 2.05) is 19.9 Å². The Labute approximate surface area is 253 Å². The third-order valence-electron chi connectivity index (χ3n) is 13.0. The zero-order valence-electron chi connectivity index (χ0n) is 26.8. The Morgan fingerprint density at radius 1 is 1.09 bits per heavy atom. The van der Waals surface area contributed by atoms with Gasteiger partial charge in [-0.2, -0.15) is 13.2 Å². The first-order valence-corrected chi connectivity index (χ1v) is 15.9. The largest absolute Gasteiger partial charge is 0.405 e. The maximum Gasteiger partial charge on any atom is 0.405 e. The number of halogens is 3. The predicted octanol–water partition coefficient (Wildman–Crippen LogP) is 7.10. The quantitative estimate of drug-likeness (QED) is 0.360. The van der Waals surface area contributed by atoms with Crippen LogP contribution in [-0.4, -0.2) is 41.3 Å². The summed E-state index contributed by atoms with van der Waals surface area (Å²) in [6.07, 6.45) is 4.77. The van der Waals surface area contributed by atoms with Gasteiger partial charge in [0.15, 0.2) is 5.78 Å². The van der Waals surface area contributed by atoms with Crippen LogP contribution in [0.2, 0.25) is 0 Å². The average Bonchev–Trinajstić information content (AvgIpc) is 3.36. The number of carbonyl (C=O) groups excluding carboxylic acids is 2. The van der Waals surface area contributed by atoms with Gasteiger partial charge in [0, 0.05) is 12.0 Å². The van der Waals surface area contributed by atoms with Gasteiger partial charge in [0.05, 0.1) is 23.6 Å². The number of aliphatic hydroxyl groups is 1. The van der Waals surface area contributed by atoms with Crippen molar-refractivity contribution in [2.24, 2.45) is 38.9 Å². The normalized spacial score (nSPS) is 40.6. The highest BCUT2D eigenvalue weighted by atomic mass is 19.4. The lowest BCUT2D eigenvalue weighted by Gasteiger charge is -2.64. The number of alkyl halides is 3. The van der Waals surface area contributed by atoms with Crippen LogP contribution in [0.4, 0.5) is 13.2 Å². The molecule has 43 heavy (non-hydrogen) atoms. The van der Waals surface area contributed by atoms with Crippen LogP contribution in [0.5, 0.6) is 0 Å². The molecular weight excluding hydrogens is 557 g/mol. The number of fused-ring (bicyclic) bond motifs is 4. The molecule has 240 valence electrons. The van der Waals surface area contributed by atoms with E-state index in [4.69, 9.17) is 4.52 Å². The number of hydrogen-bond donors (Lipinski definition) is 2. The standard InChI is InChI=1S/C34H49F3N2O4/c1-21-15-28(2,3)10-12-33(21,27(42)38-19-34(35,36)37)13-11-29(4)17-23(41)14-25-30(5)16-22-18-39-43-26(22)31(6,20-40)24(30)8-9-32(25,29)7/h14,18,21,24,40H,8-13,15-17,19-20H2,1-7H3,(H,38,42)/t21-,24?,29-,30+,31+,32-,33+/m1/s1. The van der Waals surface area contributed by atoms with E-state index in [2.05, 4.69) is 45.1 Å². The van der Waals surface area contributed by atoms with Gasteiger partial charge in [0.1, 0.15) is 12.3 Å². The molecule has 2 N–H and O–H groups in total. The third kappa shape index (κ3) is 5.00. The Balaban J connectivity index is 1.49. The summed E-state index contributed by atoms with van der Waals surface area (Å²) in [5.74, 6) is 0.208. The Kier molecular flexibility index (Phi) is 7.63. The summed E-state index contributed by atoms with van der Waals surface area (Å²) in [7, 11) is 0. The van der Waals surface area contributed by atoms with Crippen LogP contribution in [0.15, 0.2) is 22.4 Å². The van der Waals surface area contributed by atoms with E-state index < -0.39 is 40.3 Å². The maximum absolute atomic E-state index is 13.7. The van der Waals surface area contributed by atoms with Crippen molar-refractivity contribution in [1.29, 1.82) is 0 Å². The zero-order valence-corrected chi connectivity index (χ0v) is 26.8. The van der Waals surface area contributed by atoms with Gasteiger partial charge in [-0.05, 0) is 97.9 Å². The van der Waals surface area contributed by atoms with Gasteiger partial charge in [0.25, 0.3) is 0 Å². The van der Waals surface area contributed by atoms with Crippen LogP contribution in [0.25, 0.3) is 0 Å². The third-order valence-corrected chi connectivity index (χ3v) is 13.0. The summed E-state index contributed by atoms with van der Waals surface area (Å²) in [5, 5.41) is 17.0. The van der Waals surface area contributed by atoms with Crippen molar-refractivity contribution < 1.29 is 32.4 Å². The highest BCUT2D eigenvalue weighted by Crippen LogP contribution is 2.70. The van der Waals surface area contributed by atoms with E-state index in [1.165, 1.54) is 0 Å². The molecule has 0 radical (unpaired) electrons. The summed E-state index contributed by atoms with van der Waals surface area (Å²) in [4.78, 5) is 27.3. The van der Waals surface area contributed by atoms with Crippen LogP contribution in [-0.2, 0) is 21.4 Å². The number of aromatic nitrogens is 1. The molecular formula is C34H49F3N2O4. The molecule has 1 aromatic rings. The van der Waals surface area contributed by atoms with Gasteiger partial charge in [-0.3, -0.25) is 9.59 Å². The first kappa shape index (κ1) is 32.2. The molecule has 2 saturated carbocycles. The molecule has 6 nitrogen and oxygen atoms in total.